The molecule has 4 atom stereocenters. The second-order valence-electron chi connectivity index (χ2n) is 6.41. The molecule has 2 amide bonds. The van der Waals surface area contributed by atoms with E-state index in [-0.39, 0.29) is 0 Å². The molecular formula is C20H19N3O4. The summed E-state index contributed by atoms with van der Waals surface area (Å²) in [5, 5.41) is 23.6. The molecule has 7 heteroatoms. The van der Waals surface area contributed by atoms with Crippen molar-refractivity contribution < 1.29 is 19.4 Å². The van der Waals surface area contributed by atoms with E-state index in [1.54, 1.807) is 54.6 Å². The molecule has 1 aliphatic heterocycles. The fraction of sp³-hybridized carbons (Fsp3) is 0.250. The van der Waals surface area contributed by atoms with Gasteiger partial charge in [0.2, 0.25) is 11.8 Å². The average molecular weight is 365 g/mol. The summed E-state index contributed by atoms with van der Waals surface area (Å²) in [6.45, 7) is 0. The first-order valence-corrected chi connectivity index (χ1v) is 8.35. The van der Waals surface area contributed by atoms with Crippen LogP contribution < -0.4 is 15.8 Å². The van der Waals surface area contributed by atoms with Crippen LogP contribution in [0.2, 0.25) is 0 Å². The maximum Gasteiger partial charge on any atom is 0.235 e. The number of primary amides is 1. The molecule has 2 aromatic carbocycles. The van der Waals surface area contributed by atoms with E-state index in [9.17, 15) is 20.0 Å². The van der Waals surface area contributed by atoms with Gasteiger partial charge in [0.25, 0.3) is 0 Å². The number of hydrogen-bond acceptors (Lipinski definition) is 5. The van der Waals surface area contributed by atoms with E-state index in [0.29, 0.717) is 16.9 Å². The molecule has 138 valence electrons. The third-order valence-electron chi connectivity index (χ3n) is 4.92. The van der Waals surface area contributed by atoms with Crippen LogP contribution in [0.5, 0.6) is 5.75 Å². The fourth-order valence-electron chi connectivity index (χ4n) is 3.59. The number of rotatable bonds is 4. The van der Waals surface area contributed by atoms with Crippen molar-refractivity contribution in [3.8, 4) is 11.8 Å². The first-order chi connectivity index (χ1) is 12.9. The number of methoxy groups -OCH3 is 1. The van der Waals surface area contributed by atoms with Crippen molar-refractivity contribution in [1.82, 2.24) is 5.32 Å². The van der Waals surface area contributed by atoms with Gasteiger partial charge in [-0.05, 0) is 17.7 Å². The molecule has 1 fully saturated rings. The highest BCUT2D eigenvalue weighted by molar-refractivity contribution is 6.01. The zero-order chi connectivity index (χ0) is 19.6. The van der Waals surface area contributed by atoms with Gasteiger partial charge >= 0.3 is 0 Å². The lowest BCUT2D eigenvalue weighted by Crippen LogP contribution is -2.62. The van der Waals surface area contributed by atoms with Crippen LogP contribution >= 0.6 is 0 Å². The second-order valence-corrected chi connectivity index (χ2v) is 6.41. The summed E-state index contributed by atoms with van der Waals surface area (Å²) in [5.41, 5.74) is 4.41. The number of piperidine rings is 1. The topological polar surface area (TPSA) is 125 Å². The van der Waals surface area contributed by atoms with Gasteiger partial charge < -0.3 is 20.9 Å². The summed E-state index contributed by atoms with van der Waals surface area (Å²) in [7, 11) is 1.52. The predicted octanol–water partition coefficient (Wildman–Crippen LogP) is 0.995. The Morgan fingerprint density at radius 1 is 1.22 bits per heavy atom. The van der Waals surface area contributed by atoms with Crippen molar-refractivity contribution in [2.75, 3.05) is 7.11 Å². The van der Waals surface area contributed by atoms with Crippen LogP contribution in [-0.4, -0.2) is 24.0 Å². The Balaban J connectivity index is 2.16. The Morgan fingerprint density at radius 3 is 2.37 bits per heavy atom. The van der Waals surface area contributed by atoms with Crippen LogP contribution in [0.4, 0.5) is 0 Å². The molecule has 0 saturated carbocycles. The third kappa shape index (κ3) is 3.11. The smallest absolute Gasteiger partial charge is 0.235 e. The molecule has 0 aromatic heterocycles. The van der Waals surface area contributed by atoms with Crippen molar-refractivity contribution in [3.05, 3.63) is 65.7 Å². The van der Waals surface area contributed by atoms with E-state index in [4.69, 9.17) is 10.5 Å². The van der Waals surface area contributed by atoms with Gasteiger partial charge in [-0.3, -0.25) is 9.59 Å². The average Bonchev–Trinajstić information content (AvgIpc) is 2.68. The molecule has 3 rings (SSSR count). The van der Waals surface area contributed by atoms with Crippen LogP contribution in [-0.2, 0) is 15.3 Å². The summed E-state index contributed by atoms with van der Waals surface area (Å²) < 4.78 is 5.13. The lowest BCUT2D eigenvalue weighted by atomic mass is 9.67. The molecule has 0 unspecified atom stereocenters. The van der Waals surface area contributed by atoms with Gasteiger partial charge in [0.05, 0.1) is 13.2 Å². The normalized spacial score (nSPS) is 27.3. The molecule has 0 radical (unpaired) electrons. The predicted molar refractivity (Wildman–Crippen MR) is 96.0 cm³/mol. The number of carbonyl (C=O) groups excluding carboxylic acids is 2. The zero-order valence-corrected chi connectivity index (χ0v) is 14.6. The molecule has 27 heavy (non-hydrogen) atoms. The first-order valence-electron chi connectivity index (χ1n) is 8.35. The molecule has 2 aromatic rings. The summed E-state index contributed by atoms with van der Waals surface area (Å²) in [4.78, 5) is 24.7. The molecule has 1 heterocycles. The van der Waals surface area contributed by atoms with Gasteiger partial charge in [0.15, 0.2) is 5.72 Å². The number of ether oxygens (including phenoxy) is 1. The zero-order valence-electron chi connectivity index (χ0n) is 14.6. The molecule has 1 aliphatic rings. The van der Waals surface area contributed by atoms with Crippen LogP contribution in [0.15, 0.2) is 54.6 Å². The first kappa shape index (κ1) is 18.4. The maximum atomic E-state index is 12.7. The molecule has 4 N–H and O–H groups in total. The minimum atomic E-state index is -1.95. The molecule has 1 saturated heterocycles. The van der Waals surface area contributed by atoms with Crippen LogP contribution in [0.3, 0.4) is 0 Å². The Morgan fingerprint density at radius 2 is 1.85 bits per heavy atom. The number of benzene rings is 2. The Labute approximate surface area is 156 Å². The van der Waals surface area contributed by atoms with Gasteiger partial charge in [0.1, 0.15) is 17.6 Å². The van der Waals surface area contributed by atoms with Gasteiger partial charge in [0, 0.05) is 11.5 Å². The van der Waals surface area contributed by atoms with Crippen molar-refractivity contribution >= 4 is 11.8 Å². The third-order valence-corrected chi connectivity index (χ3v) is 4.92. The molecular weight excluding hydrogens is 346 g/mol. The van der Waals surface area contributed by atoms with E-state index in [2.05, 4.69) is 11.4 Å². The molecule has 0 aliphatic carbocycles. The highest BCUT2D eigenvalue weighted by Gasteiger charge is 2.55. The number of carbonyl (C=O) groups is 2. The van der Waals surface area contributed by atoms with E-state index >= 15 is 0 Å². The van der Waals surface area contributed by atoms with Crippen molar-refractivity contribution in [2.24, 2.45) is 17.6 Å². The van der Waals surface area contributed by atoms with Crippen LogP contribution in [0, 0.1) is 23.2 Å². The van der Waals surface area contributed by atoms with Gasteiger partial charge in [-0.1, -0.05) is 42.5 Å². The van der Waals surface area contributed by atoms with E-state index in [1.807, 2.05) is 0 Å². The van der Waals surface area contributed by atoms with Crippen LogP contribution in [0.1, 0.15) is 17.0 Å². The number of nitrogens with zero attached hydrogens (tertiary/aromatic N) is 1. The lowest BCUT2D eigenvalue weighted by Gasteiger charge is -2.44. The fourth-order valence-corrected chi connectivity index (χ4v) is 3.59. The quantitative estimate of drug-likeness (QED) is 0.697. The Bertz CT molecular complexity index is 892. The molecule has 0 bridgehead atoms. The SMILES string of the molecule is COc1ccc([C@@H]2[C@H](C(N)=O)C(=O)N[C@](O)(c3ccccc3)[C@H]2C#N)cc1. The highest BCUT2D eigenvalue weighted by Crippen LogP contribution is 2.45. The monoisotopic (exact) mass is 365 g/mol. The largest absolute Gasteiger partial charge is 0.497 e. The minimum absolute atomic E-state index is 0.353. The number of aliphatic hydroxyl groups is 1. The Hall–Kier alpha value is -3.37. The van der Waals surface area contributed by atoms with Gasteiger partial charge in [-0.15, -0.1) is 0 Å². The minimum Gasteiger partial charge on any atom is -0.497 e. The maximum absolute atomic E-state index is 12.7. The summed E-state index contributed by atoms with van der Waals surface area (Å²) in [5.74, 6) is -4.33. The Kier molecular flexibility index (Phi) is 4.84. The molecule has 0 spiro atoms. The van der Waals surface area contributed by atoms with Crippen molar-refractivity contribution in [2.45, 2.75) is 11.6 Å². The number of nitriles is 1. The van der Waals surface area contributed by atoms with Gasteiger partial charge in [-0.2, -0.15) is 5.26 Å². The van der Waals surface area contributed by atoms with E-state index in [0.717, 1.165) is 0 Å². The number of amides is 2. The summed E-state index contributed by atoms with van der Waals surface area (Å²) in [6.07, 6.45) is 0. The summed E-state index contributed by atoms with van der Waals surface area (Å²) >= 11 is 0. The second kappa shape index (κ2) is 7.09. The standard InChI is InChI=1S/C20H19N3O4/c1-27-14-9-7-12(8-10-14)16-15(11-21)20(26,13-5-3-2-4-6-13)23-19(25)17(16)18(22)24/h2-10,15-17,26H,1H3,(H2,22,24)(H,23,25)/t15-,16-,17+,20-/m0/s1. The summed E-state index contributed by atoms with van der Waals surface area (Å²) in [6, 6.07) is 17.1. The van der Waals surface area contributed by atoms with E-state index < -0.39 is 35.3 Å². The lowest BCUT2D eigenvalue weighted by molar-refractivity contribution is -0.153. The van der Waals surface area contributed by atoms with Gasteiger partial charge in [-0.25, -0.2) is 0 Å². The van der Waals surface area contributed by atoms with Crippen molar-refractivity contribution in [1.29, 1.82) is 5.26 Å². The number of hydrogen-bond donors (Lipinski definition) is 3. The van der Waals surface area contributed by atoms with Crippen molar-refractivity contribution in [3.63, 3.8) is 0 Å². The number of nitrogens with one attached hydrogen (secondary N) is 1. The van der Waals surface area contributed by atoms with Crippen LogP contribution in [0.25, 0.3) is 0 Å². The number of nitrogens with two attached hydrogens (primary N) is 1. The molecule has 7 nitrogen and oxygen atoms in total. The highest BCUT2D eigenvalue weighted by atomic mass is 16.5. The van der Waals surface area contributed by atoms with E-state index in [1.165, 1.54) is 7.11 Å².